The van der Waals surface area contributed by atoms with Gasteiger partial charge in [-0.2, -0.15) is 0 Å². The van der Waals surface area contributed by atoms with Gasteiger partial charge in [-0.3, -0.25) is 0 Å². The van der Waals surface area contributed by atoms with Crippen molar-refractivity contribution in [2.45, 2.75) is 19.9 Å². The molecule has 5 heteroatoms. The van der Waals surface area contributed by atoms with Gasteiger partial charge in [0.2, 0.25) is 0 Å². The van der Waals surface area contributed by atoms with Crippen LogP contribution in [-0.4, -0.2) is 4.98 Å². The van der Waals surface area contributed by atoms with Crippen molar-refractivity contribution in [3.8, 4) is 0 Å². The van der Waals surface area contributed by atoms with Crippen molar-refractivity contribution >= 4 is 34.4 Å². The van der Waals surface area contributed by atoms with Crippen LogP contribution in [0.3, 0.4) is 0 Å². The molecule has 0 unspecified atom stereocenters. The quantitative estimate of drug-likeness (QED) is 0.891. The largest absolute Gasteiger partial charge is 0.396 e. The monoisotopic (exact) mass is 267 g/mol. The highest BCUT2D eigenvalue weighted by Crippen LogP contribution is 2.22. The number of hydrogen-bond donors (Lipinski definition) is 2. The van der Waals surface area contributed by atoms with Crippen LogP contribution in [0.5, 0.6) is 0 Å². The van der Waals surface area contributed by atoms with E-state index < -0.39 is 0 Å². The van der Waals surface area contributed by atoms with Crippen molar-refractivity contribution in [2.24, 2.45) is 0 Å². The molecule has 0 saturated heterocycles. The number of nitrogen functional groups attached to an aromatic ring is 1. The predicted octanol–water partition coefficient (Wildman–Crippen LogP) is 3.55. The average molecular weight is 268 g/mol. The second kappa shape index (κ2) is 5.38. The highest BCUT2D eigenvalue weighted by atomic mass is 35.5. The standard InChI is InChI=1S/C12H14ClN3S/c1-2-9-3-4-10(17-9)7-16-12-11(14)5-8(13)6-15-12/h3-6H,2,7,14H2,1H3,(H,15,16). The maximum atomic E-state index is 5.81. The lowest BCUT2D eigenvalue weighted by molar-refractivity contribution is 1.14. The summed E-state index contributed by atoms with van der Waals surface area (Å²) in [5.41, 5.74) is 6.38. The Morgan fingerprint density at radius 3 is 2.82 bits per heavy atom. The van der Waals surface area contributed by atoms with Gasteiger partial charge in [-0.05, 0) is 24.6 Å². The van der Waals surface area contributed by atoms with Gasteiger partial charge < -0.3 is 11.1 Å². The third-order valence-electron chi connectivity index (χ3n) is 2.38. The lowest BCUT2D eigenvalue weighted by atomic mass is 10.3. The van der Waals surface area contributed by atoms with E-state index in [1.165, 1.54) is 9.75 Å². The summed E-state index contributed by atoms with van der Waals surface area (Å²) < 4.78 is 0. The minimum absolute atomic E-state index is 0.553. The maximum Gasteiger partial charge on any atom is 0.149 e. The fourth-order valence-corrected chi connectivity index (χ4v) is 2.54. The molecule has 0 aliphatic heterocycles. The first-order chi connectivity index (χ1) is 8.19. The average Bonchev–Trinajstić information content (AvgIpc) is 2.76. The Morgan fingerprint density at radius 1 is 1.41 bits per heavy atom. The van der Waals surface area contributed by atoms with Crippen molar-refractivity contribution in [1.29, 1.82) is 0 Å². The van der Waals surface area contributed by atoms with Gasteiger partial charge in [0.25, 0.3) is 0 Å². The molecule has 0 spiro atoms. The first-order valence-electron chi connectivity index (χ1n) is 5.41. The molecule has 3 N–H and O–H groups in total. The smallest absolute Gasteiger partial charge is 0.149 e. The van der Waals surface area contributed by atoms with Gasteiger partial charge in [-0.25, -0.2) is 4.98 Å². The normalized spacial score (nSPS) is 10.5. The molecule has 0 bridgehead atoms. The molecular formula is C12H14ClN3S. The third-order valence-corrected chi connectivity index (χ3v) is 3.82. The Balaban J connectivity index is 2.02. The van der Waals surface area contributed by atoms with Crippen molar-refractivity contribution in [1.82, 2.24) is 4.98 Å². The molecule has 0 atom stereocenters. The van der Waals surface area contributed by atoms with E-state index in [0.29, 0.717) is 16.5 Å². The number of hydrogen-bond acceptors (Lipinski definition) is 4. The Hall–Kier alpha value is -1.26. The Morgan fingerprint density at radius 2 is 2.18 bits per heavy atom. The van der Waals surface area contributed by atoms with Crippen LogP contribution in [-0.2, 0) is 13.0 Å². The zero-order chi connectivity index (χ0) is 12.3. The summed E-state index contributed by atoms with van der Waals surface area (Å²) in [5.74, 6) is 0.681. The molecule has 2 aromatic rings. The predicted molar refractivity (Wildman–Crippen MR) is 74.7 cm³/mol. The van der Waals surface area contributed by atoms with Crippen LogP contribution in [0.2, 0.25) is 5.02 Å². The molecule has 0 amide bonds. The highest BCUT2D eigenvalue weighted by molar-refractivity contribution is 7.12. The van der Waals surface area contributed by atoms with Crippen LogP contribution >= 0.6 is 22.9 Å². The molecule has 2 rings (SSSR count). The summed E-state index contributed by atoms with van der Waals surface area (Å²) in [7, 11) is 0. The number of halogens is 1. The number of aromatic nitrogens is 1. The van der Waals surface area contributed by atoms with E-state index in [9.17, 15) is 0 Å². The lowest BCUT2D eigenvalue weighted by Gasteiger charge is -2.06. The molecule has 90 valence electrons. The van der Waals surface area contributed by atoms with Crippen molar-refractivity contribution in [3.63, 3.8) is 0 Å². The second-order valence-electron chi connectivity index (χ2n) is 3.67. The zero-order valence-corrected chi connectivity index (χ0v) is 11.1. The highest BCUT2D eigenvalue weighted by Gasteiger charge is 2.03. The molecule has 0 aromatic carbocycles. The molecule has 17 heavy (non-hydrogen) atoms. The van der Waals surface area contributed by atoms with Crippen LogP contribution < -0.4 is 11.1 Å². The van der Waals surface area contributed by atoms with Gasteiger partial charge in [-0.1, -0.05) is 18.5 Å². The first kappa shape index (κ1) is 12.2. The Kier molecular flexibility index (Phi) is 3.86. The van der Waals surface area contributed by atoms with Crippen molar-refractivity contribution in [3.05, 3.63) is 39.2 Å². The molecule has 0 fully saturated rings. The molecule has 3 nitrogen and oxygen atoms in total. The molecule has 2 aromatic heterocycles. The molecule has 0 aliphatic carbocycles. The second-order valence-corrected chi connectivity index (χ2v) is 5.36. The first-order valence-corrected chi connectivity index (χ1v) is 6.61. The fraction of sp³-hybridized carbons (Fsp3) is 0.250. The summed E-state index contributed by atoms with van der Waals surface area (Å²) in [5, 5.41) is 3.76. The number of pyridine rings is 1. The van der Waals surface area contributed by atoms with E-state index in [-0.39, 0.29) is 0 Å². The summed E-state index contributed by atoms with van der Waals surface area (Å²) in [4.78, 5) is 6.82. The molecule has 0 saturated carbocycles. The summed E-state index contributed by atoms with van der Waals surface area (Å²) in [6, 6.07) is 5.98. The number of aryl methyl sites for hydroxylation is 1. The molecule has 0 aliphatic rings. The van der Waals surface area contributed by atoms with Gasteiger partial charge in [0.05, 0.1) is 17.3 Å². The van der Waals surface area contributed by atoms with Crippen molar-refractivity contribution in [2.75, 3.05) is 11.1 Å². The molecule has 2 heterocycles. The van der Waals surface area contributed by atoms with E-state index in [4.69, 9.17) is 17.3 Å². The van der Waals surface area contributed by atoms with Crippen LogP contribution in [0, 0.1) is 0 Å². The summed E-state index contributed by atoms with van der Waals surface area (Å²) >= 11 is 7.59. The van der Waals surface area contributed by atoms with E-state index in [1.54, 1.807) is 23.6 Å². The topological polar surface area (TPSA) is 50.9 Å². The van der Waals surface area contributed by atoms with Gasteiger partial charge in [0.15, 0.2) is 0 Å². The van der Waals surface area contributed by atoms with Crippen LogP contribution in [0.4, 0.5) is 11.5 Å². The Labute approximate surface area is 110 Å². The van der Waals surface area contributed by atoms with Gasteiger partial charge in [-0.15, -0.1) is 11.3 Å². The third kappa shape index (κ3) is 3.11. The number of nitrogens with one attached hydrogen (secondary N) is 1. The van der Waals surface area contributed by atoms with Crippen LogP contribution in [0.25, 0.3) is 0 Å². The summed E-state index contributed by atoms with van der Waals surface area (Å²) in [6.45, 7) is 2.89. The van der Waals surface area contributed by atoms with Crippen molar-refractivity contribution < 1.29 is 0 Å². The van der Waals surface area contributed by atoms with E-state index in [1.807, 2.05) is 0 Å². The van der Waals surface area contributed by atoms with E-state index in [0.717, 1.165) is 13.0 Å². The number of nitrogens with zero attached hydrogens (tertiary/aromatic N) is 1. The van der Waals surface area contributed by atoms with Crippen LogP contribution in [0.15, 0.2) is 24.4 Å². The summed E-state index contributed by atoms with van der Waals surface area (Å²) in [6.07, 6.45) is 2.66. The molecular weight excluding hydrogens is 254 g/mol. The Bertz CT molecular complexity index is 510. The van der Waals surface area contributed by atoms with E-state index in [2.05, 4.69) is 29.4 Å². The van der Waals surface area contributed by atoms with Crippen LogP contribution in [0.1, 0.15) is 16.7 Å². The molecule has 0 radical (unpaired) electrons. The van der Waals surface area contributed by atoms with Gasteiger partial charge in [0, 0.05) is 16.0 Å². The number of anilines is 2. The maximum absolute atomic E-state index is 5.81. The van der Waals surface area contributed by atoms with Gasteiger partial charge in [0.1, 0.15) is 5.82 Å². The van der Waals surface area contributed by atoms with Gasteiger partial charge >= 0.3 is 0 Å². The SMILES string of the molecule is CCc1ccc(CNc2ncc(Cl)cc2N)s1. The van der Waals surface area contributed by atoms with E-state index >= 15 is 0 Å². The fourth-order valence-electron chi connectivity index (χ4n) is 1.48. The number of rotatable bonds is 4. The lowest BCUT2D eigenvalue weighted by Crippen LogP contribution is -2.03. The minimum atomic E-state index is 0.553. The zero-order valence-electron chi connectivity index (χ0n) is 9.53. The minimum Gasteiger partial charge on any atom is -0.396 e. The number of nitrogens with two attached hydrogens (primary N) is 1. The number of thiophene rings is 1.